The lowest BCUT2D eigenvalue weighted by Crippen LogP contribution is -2.42. The molecule has 3 fully saturated rings. The number of hydrogen-bond donors (Lipinski definition) is 10. The second kappa shape index (κ2) is 21.3. The molecule has 4 aromatic rings. The number of allylic oxidation sites excluding steroid dienone is 1. The average Bonchev–Trinajstić information content (AvgIpc) is 4.19. The highest BCUT2D eigenvalue weighted by molar-refractivity contribution is 8.09. The minimum Gasteiger partial charge on any atom is -0.779 e. The van der Waals surface area contributed by atoms with Gasteiger partial charge in [-0.15, -0.1) is 9.88 Å². The Balaban J connectivity index is 0.857. The van der Waals surface area contributed by atoms with E-state index < -0.39 is 141 Å². The van der Waals surface area contributed by atoms with Gasteiger partial charge in [-0.1, -0.05) is 11.8 Å². The van der Waals surface area contributed by atoms with Crippen molar-refractivity contribution in [1.29, 1.82) is 0 Å². The number of H-pyrrole nitrogens is 2. The van der Waals surface area contributed by atoms with Crippen LogP contribution in [0.4, 0.5) is 23.5 Å². The fourth-order valence-electron chi connectivity index (χ4n) is 8.66. The molecule has 0 amide bonds. The van der Waals surface area contributed by atoms with Crippen LogP contribution in [0.3, 0.4) is 0 Å². The van der Waals surface area contributed by atoms with Crippen molar-refractivity contribution in [3.8, 4) is 0 Å². The van der Waals surface area contributed by atoms with Crippen LogP contribution in [0.2, 0.25) is 0 Å². The summed E-state index contributed by atoms with van der Waals surface area (Å²) in [5, 5.41) is 35.6. The topological polar surface area (TPSA) is 536 Å². The molecule has 9 heterocycles. The Morgan fingerprint density at radius 1 is 0.789 bits per heavy atom. The molecule has 0 aliphatic carbocycles. The van der Waals surface area contributed by atoms with Crippen LogP contribution in [0.1, 0.15) is 36.8 Å². The highest BCUT2D eigenvalue weighted by Gasteiger charge is 2.55. The van der Waals surface area contributed by atoms with Gasteiger partial charge in [0.15, 0.2) is 35.4 Å². The second-order valence-corrected chi connectivity index (χ2v) is 24.0. The Bertz CT molecular complexity index is 3260. The summed E-state index contributed by atoms with van der Waals surface area (Å²) in [5.74, 6) is -0.468. The third-order valence-corrected chi connectivity index (χ3v) is 18.2. The van der Waals surface area contributed by atoms with Gasteiger partial charge in [0.2, 0.25) is 17.5 Å². The Morgan fingerprint density at radius 3 is 2.05 bits per heavy atom. The lowest BCUT2D eigenvalue weighted by molar-refractivity contribution is -0.244. The maximum Gasteiger partial charge on any atom is 0.472 e. The molecule has 42 heteroatoms. The maximum absolute atomic E-state index is 13.7. The number of hydrogen-bond acceptors (Lipinski definition) is 33. The molecule has 5 aliphatic heterocycles. The van der Waals surface area contributed by atoms with Gasteiger partial charge < -0.3 is 90.1 Å². The zero-order chi connectivity index (χ0) is 55.0. The predicted molar refractivity (Wildman–Crippen MR) is 248 cm³/mol. The van der Waals surface area contributed by atoms with Gasteiger partial charge in [-0.05, 0) is 6.92 Å². The van der Waals surface area contributed by atoms with E-state index in [1.165, 1.54) is 24.2 Å². The van der Waals surface area contributed by atoms with Gasteiger partial charge in [-0.25, -0.2) is 14.5 Å². The summed E-state index contributed by atoms with van der Waals surface area (Å²) < 4.78 is 99.7. The quantitative estimate of drug-likeness (QED) is 0.0293. The molecule has 37 nitrogen and oxygen atoms in total. The number of rotatable bonds is 20. The van der Waals surface area contributed by atoms with Crippen LogP contribution in [0.5, 0.6) is 0 Å². The summed E-state index contributed by atoms with van der Waals surface area (Å²) in [6.07, 6.45) is -13.7. The number of imidazole rings is 2. The minimum atomic E-state index is -6.07. The van der Waals surface area contributed by atoms with Crippen LogP contribution >= 0.6 is 30.2 Å². The number of aliphatic hydroxyl groups excluding tert-OH is 3. The van der Waals surface area contributed by atoms with Crippen molar-refractivity contribution in [3.63, 3.8) is 0 Å². The number of nitrogen functional groups attached to an aromatic ring is 2. The monoisotopic (exact) mass is 1170 g/mol. The smallest absolute Gasteiger partial charge is 0.472 e. The fourth-order valence-corrected chi connectivity index (χ4v) is 14.5. The van der Waals surface area contributed by atoms with Gasteiger partial charge in [0.1, 0.15) is 85.5 Å². The van der Waals surface area contributed by atoms with Crippen LogP contribution in [-0.2, 0) is 75.9 Å². The van der Waals surface area contributed by atoms with E-state index in [2.05, 4.69) is 66.8 Å². The van der Waals surface area contributed by atoms with Crippen molar-refractivity contribution in [2.24, 2.45) is 10.7 Å². The SMILES string of the molecule is COC1C(COP(=O)([O-])OP([O-])(=S)OP(=O)([O-])OCC2OC(n3cnc4c3NC=NC4N)C(OC)C2OP(=O)(O)OCC2OC(n3cnc4c(=O)[nH]c(N)nc43)C(O)C2O)OC(N2[C+]=C(C)c3c2nc(N)[nH]c3=O)C1O. The number of anilines is 4. The molecule has 0 aromatic carbocycles. The van der Waals surface area contributed by atoms with E-state index in [9.17, 15) is 58.2 Å². The van der Waals surface area contributed by atoms with Crippen LogP contribution < -0.4 is 53.2 Å². The van der Waals surface area contributed by atoms with Crippen molar-refractivity contribution in [2.75, 3.05) is 55.7 Å². The van der Waals surface area contributed by atoms with E-state index in [1.807, 2.05) is 0 Å². The molecule has 0 bridgehead atoms. The highest BCUT2D eigenvalue weighted by atomic mass is 32.5. The average molecular weight is 1170 g/mol. The molecule has 17 atom stereocenters. The van der Waals surface area contributed by atoms with Crippen LogP contribution in [0, 0.1) is 6.20 Å². The first-order chi connectivity index (χ1) is 35.7. The molecular weight excluding hydrogens is 1130 g/mol. The molecule has 416 valence electrons. The molecule has 0 saturated carbocycles. The molecule has 0 radical (unpaired) electrons. The highest BCUT2D eigenvalue weighted by Crippen LogP contribution is 2.63. The summed E-state index contributed by atoms with van der Waals surface area (Å²) in [6, 6.07) is 0. The number of nitrogens with zero attached hydrogens (tertiary/aromatic N) is 8. The molecule has 0 spiro atoms. The zero-order valence-electron chi connectivity index (χ0n) is 38.9. The summed E-state index contributed by atoms with van der Waals surface area (Å²) in [4.78, 5) is 101. The van der Waals surface area contributed by atoms with Crippen LogP contribution in [0.15, 0.2) is 27.2 Å². The molecule has 13 N–H and O–H groups in total. The normalized spacial score (nSPS) is 32.2. The Morgan fingerprint density at radius 2 is 1.38 bits per heavy atom. The van der Waals surface area contributed by atoms with Crippen molar-refractivity contribution in [3.05, 3.63) is 50.8 Å². The number of methoxy groups -OCH3 is 2. The number of aliphatic imine (C=N–C) groups is 1. The number of ether oxygens (including phenoxy) is 5. The van der Waals surface area contributed by atoms with Gasteiger partial charge in [0, 0.05) is 14.2 Å². The Labute approximate surface area is 429 Å². The lowest BCUT2D eigenvalue weighted by atomic mass is 10.1. The number of phosphoric acid groups is 3. The van der Waals surface area contributed by atoms with E-state index in [4.69, 9.17) is 59.0 Å². The van der Waals surface area contributed by atoms with Crippen molar-refractivity contribution in [1.82, 2.24) is 39.0 Å². The number of aliphatic hydroxyl groups is 3. The molecule has 9 rings (SSSR count). The van der Waals surface area contributed by atoms with E-state index in [-0.39, 0.29) is 51.5 Å². The summed E-state index contributed by atoms with van der Waals surface area (Å²) in [6.45, 7) is -7.46. The van der Waals surface area contributed by atoms with E-state index in [0.29, 0.717) is 0 Å². The third kappa shape index (κ3) is 11.2. The Hall–Kier alpha value is -4.46. The molecule has 3 saturated heterocycles. The summed E-state index contributed by atoms with van der Waals surface area (Å²) in [7, 11) is -15.2. The molecule has 4 aromatic heterocycles. The summed E-state index contributed by atoms with van der Waals surface area (Å²) in [5.41, 5.74) is 16.2. The number of nitrogens with one attached hydrogen (secondary N) is 3. The number of aromatic nitrogens is 8. The first-order valence-corrected chi connectivity index (χ1v) is 28.7. The van der Waals surface area contributed by atoms with Crippen molar-refractivity contribution >= 4 is 88.6 Å². The number of fused-ring (bicyclic) bond motifs is 3. The standard InChI is InChI=1S/C34H46N14O23P4S/c1-11-4-46(25-15(11)28(52)44-33(36)42-25)31-20(51)21(61-2)13(67-31)6-64-73(56,57)70-75(60,76)71-74(58,59)65-7-14-22(23(62-3)32(68-14)47-9-40-16-24(35)38-8-39-26(16)47)69-72(54,55)63-5-12-18(49)19(50)30(66-12)48-10-41-17-27(48)43-34(37)45-29(17)53/h8-10,12-14,18-24,30-32,49-51H,5-7,35H2,1-3H3,(H10-,36,37,38,39,42,43,44,45,52,53,54,55,56,57,58,59,60,76)/p-2. The van der Waals surface area contributed by atoms with Crippen LogP contribution in [0.25, 0.3) is 16.7 Å². The van der Waals surface area contributed by atoms with E-state index >= 15 is 0 Å². The lowest BCUT2D eigenvalue weighted by Gasteiger charge is -2.37. The van der Waals surface area contributed by atoms with Crippen molar-refractivity contribution in [2.45, 2.75) is 86.7 Å². The third-order valence-electron chi connectivity index (χ3n) is 11.9. The molecule has 17 unspecified atom stereocenters. The van der Waals surface area contributed by atoms with Gasteiger partial charge in [-0.3, -0.25) is 60.5 Å². The molecule has 76 heavy (non-hydrogen) atoms. The Kier molecular flexibility index (Phi) is 15.8. The van der Waals surface area contributed by atoms with E-state index in [1.54, 1.807) is 0 Å². The first kappa shape index (κ1) is 56.3. The fraction of sp³-hybridized carbons (Fsp3) is 0.559. The number of phosphoric ester groups is 3. The number of aromatic amines is 2. The maximum atomic E-state index is 13.7. The predicted octanol–water partition coefficient (Wildman–Crippen LogP) is -4.92. The van der Waals surface area contributed by atoms with Crippen LogP contribution in [-0.4, -0.2) is 161 Å². The molecular formula is C34H44N14O23P4S-2. The number of nitrogens with two attached hydrogens (primary N) is 3. The van der Waals surface area contributed by atoms with E-state index in [0.717, 1.165) is 30.0 Å². The zero-order valence-corrected chi connectivity index (χ0v) is 43.3. The van der Waals surface area contributed by atoms with Gasteiger partial charge in [0.05, 0.1) is 38.8 Å². The molecule has 5 aliphatic rings. The minimum absolute atomic E-state index is 0.0524. The second-order valence-electron chi connectivity index (χ2n) is 16.8. The van der Waals surface area contributed by atoms with Gasteiger partial charge >= 0.3 is 19.2 Å². The first-order valence-electron chi connectivity index (χ1n) is 21.7. The van der Waals surface area contributed by atoms with Crippen molar-refractivity contribution < 1.29 is 99.0 Å². The largest absolute Gasteiger partial charge is 0.779 e. The summed E-state index contributed by atoms with van der Waals surface area (Å²) >= 11 is 4.56. The van der Waals surface area contributed by atoms with Gasteiger partial charge in [-0.2, -0.15) is 4.98 Å². The van der Waals surface area contributed by atoms with Gasteiger partial charge in [0.25, 0.3) is 21.2 Å².